The number of carbonyl (C=O) groups excluding carboxylic acids is 2. The number of amides is 1. The van der Waals surface area contributed by atoms with Gasteiger partial charge >= 0.3 is 0 Å². The molecule has 1 aliphatic heterocycles. The Kier molecular flexibility index (Phi) is 5.94. The second kappa shape index (κ2) is 8.37. The highest BCUT2D eigenvalue weighted by Crippen LogP contribution is 2.22. The van der Waals surface area contributed by atoms with Crippen LogP contribution in [0, 0.1) is 18.8 Å². The number of hydrogen-bond acceptors (Lipinski definition) is 5. The number of piperidine rings is 1. The Morgan fingerprint density at radius 2 is 2.04 bits per heavy atom. The lowest BCUT2D eigenvalue weighted by Gasteiger charge is -2.31. The van der Waals surface area contributed by atoms with E-state index < -0.39 is 0 Å². The Morgan fingerprint density at radius 1 is 1.22 bits per heavy atom. The number of nitrogens with zero attached hydrogens (tertiary/aromatic N) is 4. The molecule has 2 aromatic heterocycles. The van der Waals surface area contributed by atoms with Crippen molar-refractivity contribution in [3.63, 3.8) is 0 Å². The molecular weight excluding hydrogens is 340 g/mol. The van der Waals surface area contributed by atoms with E-state index in [4.69, 9.17) is 0 Å². The molecule has 1 atom stereocenters. The highest BCUT2D eigenvalue weighted by molar-refractivity contribution is 5.97. The zero-order valence-electron chi connectivity index (χ0n) is 16.2. The topological polar surface area (TPSA) is 76.1 Å². The van der Waals surface area contributed by atoms with Crippen molar-refractivity contribution in [1.29, 1.82) is 0 Å². The third-order valence-corrected chi connectivity index (χ3v) is 4.72. The summed E-state index contributed by atoms with van der Waals surface area (Å²) in [7, 11) is 0. The molecule has 0 radical (unpaired) electrons. The Hall–Kier alpha value is -2.63. The number of rotatable bonds is 5. The molecule has 1 amide bonds. The second-order valence-corrected chi connectivity index (χ2v) is 7.56. The van der Waals surface area contributed by atoms with Crippen molar-refractivity contribution in [2.75, 3.05) is 13.1 Å². The molecule has 142 valence electrons. The van der Waals surface area contributed by atoms with E-state index in [9.17, 15) is 9.59 Å². The zero-order chi connectivity index (χ0) is 19.4. The van der Waals surface area contributed by atoms with E-state index in [2.05, 4.69) is 28.8 Å². The van der Waals surface area contributed by atoms with Crippen molar-refractivity contribution in [2.24, 2.45) is 11.8 Å². The molecule has 27 heavy (non-hydrogen) atoms. The van der Waals surface area contributed by atoms with Crippen LogP contribution in [0.5, 0.6) is 0 Å². The maximum Gasteiger partial charge on any atom is 0.272 e. The van der Waals surface area contributed by atoms with E-state index in [0.29, 0.717) is 36.2 Å². The third kappa shape index (κ3) is 4.76. The van der Waals surface area contributed by atoms with Gasteiger partial charge in [-0.25, -0.2) is 9.97 Å². The molecular formula is C21H26N4O2. The first-order chi connectivity index (χ1) is 12.9. The Balaban J connectivity index is 1.75. The maximum absolute atomic E-state index is 13.0. The fourth-order valence-corrected chi connectivity index (χ4v) is 3.52. The van der Waals surface area contributed by atoms with Gasteiger partial charge in [0.15, 0.2) is 5.78 Å². The number of carbonyl (C=O) groups is 2. The molecule has 6 heteroatoms. The lowest BCUT2D eigenvalue weighted by Crippen LogP contribution is -2.42. The number of aromatic nitrogens is 3. The fraction of sp³-hybridized carbons (Fsp3) is 0.476. The van der Waals surface area contributed by atoms with Crippen LogP contribution in [0.1, 0.15) is 59.2 Å². The Morgan fingerprint density at radius 3 is 2.74 bits per heavy atom. The summed E-state index contributed by atoms with van der Waals surface area (Å²) < 4.78 is 0. The summed E-state index contributed by atoms with van der Waals surface area (Å²) in [5.41, 5.74) is 1.77. The molecule has 0 N–H and O–H groups in total. The maximum atomic E-state index is 13.0. The van der Waals surface area contributed by atoms with Crippen LogP contribution in [0.25, 0.3) is 0 Å². The van der Waals surface area contributed by atoms with Crippen molar-refractivity contribution in [3.8, 4) is 0 Å². The molecule has 1 fully saturated rings. The number of hydrogen-bond donors (Lipinski definition) is 0. The predicted octanol–water partition coefficient (Wildman–Crippen LogP) is 3.11. The number of ketones is 1. The molecule has 3 rings (SSSR count). The SMILES string of the molecule is Cc1nc(CC(C)C)cc(C(=O)N2CCCC(C(=O)c3ccccn3)C2)n1. The van der Waals surface area contributed by atoms with Gasteiger partial charge in [0.2, 0.25) is 0 Å². The summed E-state index contributed by atoms with van der Waals surface area (Å²) in [6.07, 6.45) is 4.02. The first-order valence-corrected chi connectivity index (χ1v) is 9.53. The van der Waals surface area contributed by atoms with Gasteiger partial charge in [0.05, 0.1) is 0 Å². The minimum Gasteiger partial charge on any atom is -0.337 e. The second-order valence-electron chi connectivity index (χ2n) is 7.56. The van der Waals surface area contributed by atoms with Crippen LogP contribution >= 0.6 is 0 Å². The Labute approximate surface area is 160 Å². The van der Waals surface area contributed by atoms with Crippen LogP contribution in [0.2, 0.25) is 0 Å². The lowest BCUT2D eigenvalue weighted by atomic mass is 9.91. The van der Waals surface area contributed by atoms with Crippen molar-refractivity contribution in [3.05, 3.63) is 53.4 Å². The molecule has 1 unspecified atom stereocenters. The average Bonchev–Trinajstić information content (AvgIpc) is 2.66. The number of likely N-dealkylation sites (tertiary alicyclic amines) is 1. The van der Waals surface area contributed by atoms with Gasteiger partial charge in [0, 0.05) is 30.9 Å². The standard InChI is InChI=1S/C21H26N4O2/c1-14(2)11-17-12-19(24-15(3)23-17)21(27)25-10-6-7-16(13-25)20(26)18-8-4-5-9-22-18/h4-5,8-9,12,14,16H,6-7,10-11,13H2,1-3H3. The van der Waals surface area contributed by atoms with Crippen molar-refractivity contribution in [1.82, 2.24) is 19.9 Å². The Bertz CT molecular complexity index is 820. The number of aryl methyl sites for hydroxylation is 1. The zero-order valence-corrected chi connectivity index (χ0v) is 16.2. The van der Waals surface area contributed by atoms with Crippen LogP contribution in [-0.2, 0) is 6.42 Å². The highest BCUT2D eigenvalue weighted by atomic mass is 16.2. The fourth-order valence-electron chi connectivity index (χ4n) is 3.52. The largest absolute Gasteiger partial charge is 0.337 e. The van der Waals surface area contributed by atoms with Gasteiger partial charge in [-0.3, -0.25) is 14.6 Å². The van der Waals surface area contributed by atoms with Crippen LogP contribution in [0.3, 0.4) is 0 Å². The van der Waals surface area contributed by atoms with Crippen molar-refractivity contribution < 1.29 is 9.59 Å². The van der Waals surface area contributed by atoms with Gasteiger partial charge in [-0.2, -0.15) is 0 Å². The highest BCUT2D eigenvalue weighted by Gasteiger charge is 2.30. The third-order valence-electron chi connectivity index (χ3n) is 4.72. The smallest absolute Gasteiger partial charge is 0.272 e. The minimum atomic E-state index is -0.212. The van der Waals surface area contributed by atoms with Gasteiger partial charge in [-0.15, -0.1) is 0 Å². The summed E-state index contributed by atoms with van der Waals surface area (Å²) in [5, 5.41) is 0. The van der Waals surface area contributed by atoms with Gasteiger partial charge in [-0.05, 0) is 50.3 Å². The van der Waals surface area contributed by atoms with Gasteiger partial charge in [0.25, 0.3) is 5.91 Å². The molecule has 0 saturated carbocycles. The first kappa shape index (κ1) is 19.1. The van der Waals surface area contributed by atoms with Gasteiger partial charge in [0.1, 0.15) is 17.2 Å². The van der Waals surface area contributed by atoms with E-state index in [1.165, 1.54) is 0 Å². The van der Waals surface area contributed by atoms with Crippen LogP contribution in [0.15, 0.2) is 30.5 Å². The van der Waals surface area contributed by atoms with E-state index in [1.807, 2.05) is 13.0 Å². The summed E-state index contributed by atoms with van der Waals surface area (Å²) in [6.45, 7) is 7.11. The van der Waals surface area contributed by atoms with E-state index >= 15 is 0 Å². The average molecular weight is 366 g/mol. The lowest BCUT2D eigenvalue weighted by molar-refractivity contribution is 0.0630. The molecule has 1 aliphatic rings. The molecule has 1 saturated heterocycles. The van der Waals surface area contributed by atoms with Crippen molar-refractivity contribution in [2.45, 2.75) is 40.0 Å². The van der Waals surface area contributed by atoms with E-state index in [-0.39, 0.29) is 17.6 Å². The van der Waals surface area contributed by atoms with Crippen LogP contribution in [0.4, 0.5) is 0 Å². The molecule has 3 heterocycles. The number of pyridine rings is 1. The molecule has 2 aromatic rings. The van der Waals surface area contributed by atoms with Crippen LogP contribution < -0.4 is 0 Å². The quantitative estimate of drug-likeness (QED) is 0.760. The van der Waals surface area contributed by atoms with Crippen molar-refractivity contribution >= 4 is 11.7 Å². The summed E-state index contributed by atoms with van der Waals surface area (Å²) >= 11 is 0. The molecule has 6 nitrogen and oxygen atoms in total. The molecule has 0 aliphatic carbocycles. The van der Waals surface area contributed by atoms with E-state index in [1.54, 1.807) is 29.3 Å². The monoisotopic (exact) mass is 366 g/mol. The summed E-state index contributed by atoms with van der Waals surface area (Å²) in [5.74, 6) is 0.736. The van der Waals surface area contributed by atoms with Crippen LogP contribution in [-0.4, -0.2) is 44.6 Å². The number of Topliss-reactive ketones (excluding diaryl/α,β-unsaturated/α-hetero) is 1. The molecule has 0 spiro atoms. The minimum absolute atomic E-state index is 0.00691. The normalized spacial score (nSPS) is 17.2. The van der Waals surface area contributed by atoms with Gasteiger partial charge < -0.3 is 4.90 Å². The van der Waals surface area contributed by atoms with E-state index in [0.717, 1.165) is 25.0 Å². The summed E-state index contributed by atoms with van der Waals surface area (Å²) in [6, 6.07) is 7.13. The molecule has 0 aromatic carbocycles. The first-order valence-electron chi connectivity index (χ1n) is 9.53. The van der Waals surface area contributed by atoms with Gasteiger partial charge in [-0.1, -0.05) is 19.9 Å². The molecule has 0 bridgehead atoms. The predicted molar refractivity (Wildman–Crippen MR) is 103 cm³/mol. The summed E-state index contributed by atoms with van der Waals surface area (Å²) in [4.78, 5) is 40.4.